The standard InChI is InChI=1S/C25H38N4O2/c1-29(2)22-7-5-18(6-8-22)4-3-10-26-23(30)9-11-27-24(31)28-25-15-19-12-20(16-25)14-21(13-19)17-25/h5-8,19-21H,3-4,9-17H2,1-2H3,(H,26,30)(H2,27,28,31). The van der Waals surface area contributed by atoms with Crippen molar-refractivity contribution in [1.29, 1.82) is 0 Å². The molecule has 3 amide bonds. The number of urea groups is 1. The number of benzene rings is 1. The van der Waals surface area contributed by atoms with E-state index in [0.717, 1.165) is 49.9 Å². The van der Waals surface area contributed by atoms with Crippen LogP contribution < -0.4 is 20.9 Å². The molecule has 4 bridgehead atoms. The molecule has 0 atom stereocenters. The van der Waals surface area contributed by atoms with Gasteiger partial charge in [0.15, 0.2) is 0 Å². The third-order valence-corrected chi connectivity index (χ3v) is 7.47. The van der Waals surface area contributed by atoms with E-state index in [1.165, 1.54) is 30.5 Å². The van der Waals surface area contributed by atoms with E-state index in [4.69, 9.17) is 0 Å². The van der Waals surface area contributed by atoms with Gasteiger partial charge in [0, 0.05) is 44.8 Å². The molecule has 0 radical (unpaired) electrons. The lowest BCUT2D eigenvalue weighted by Crippen LogP contribution is -2.61. The fraction of sp³-hybridized carbons (Fsp3) is 0.680. The highest BCUT2D eigenvalue weighted by Crippen LogP contribution is 2.55. The van der Waals surface area contributed by atoms with Crippen LogP contribution in [0.3, 0.4) is 0 Å². The number of nitrogens with zero attached hydrogens (tertiary/aromatic N) is 1. The van der Waals surface area contributed by atoms with E-state index in [9.17, 15) is 9.59 Å². The molecule has 0 unspecified atom stereocenters. The Morgan fingerprint density at radius 3 is 2.13 bits per heavy atom. The van der Waals surface area contributed by atoms with Gasteiger partial charge in [-0.05, 0) is 86.8 Å². The van der Waals surface area contributed by atoms with Crippen LogP contribution in [0.25, 0.3) is 0 Å². The monoisotopic (exact) mass is 426 g/mol. The van der Waals surface area contributed by atoms with Gasteiger partial charge in [-0.15, -0.1) is 0 Å². The van der Waals surface area contributed by atoms with Gasteiger partial charge in [0.1, 0.15) is 0 Å². The van der Waals surface area contributed by atoms with Crippen LogP contribution in [0.5, 0.6) is 0 Å². The Morgan fingerprint density at radius 1 is 0.935 bits per heavy atom. The third-order valence-electron chi connectivity index (χ3n) is 7.47. The van der Waals surface area contributed by atoms with Crippen molar-refractivity contribution in [2.75, 3.05) is 32.1 Å². The van der Waals surface area contributed by atoms with Crippen molar-refractivity contribution in [3.8, 4) is 0 Å². The van der Waals surface area contributed by atoms with Crippen LogP contribution >= 0.6 is 0 Å². The molecule has 3 N–H and O–H groups in total. The van der Waals surface area contributed by atoms with Gasteiger partial charge in [0.2, 0.25) is 5.91 Å². The summed E-state index contributed by atoms with van der Waals surface area (Å²) in [5, 5.41) is 9.16. The van der Waals surface area contributed by atoms with Crippen LogP contribution in [0, 0.1) is 17.8 Å². The number of anilines is 1. The van der Waals surface area contributed by atoms with Crippen LogP contribution in [-0.2, 0) is 11.2 Å². The van der Waals surface area contributed by atoms with Crippen LogP contribution in [0.2, 0.25) is 0 Å². The van der Waals surface area contributed by atoms with Gasteiger partial charge >= 0.3 is 6.03 Å². The summed E-state index contributed by atoms with van der Waals surface area (Å²) in [6.45, 7) is 1.05. The van der Waals surface area contributed by atoms with E-state index in [1.807, 2.05) is 14.1 Å². The summed E-state index contributed by atoms with van der Waals surface area (Å²) >= 11 is 0. The summed E-state index contributed by atoms with van der Waals surface area (Å²) < 4.78 is 0. The van der Waals surface area contributed by atoms with Crippen LogP contribution in [0.4, 0.5) is 10.5 Å². The first-order valence-corrected chi connectivity index (χ1v) is 12.0. The second-order valence-electron chi connectivity index (χ2n) is 10.3. The van der Waals surface area contributed by atoms with Crippen molar-refractivity contribution in [3.63, 3.8) is 0 Å². The molecular formula is C25H38N4O2. The summed E-state index contributed by atoms with van der Waals surface area (Å²) in [5.74, 6) is 2.42. The number of amides is 3. The molecule has 4 aliphatic rings. The van der Waals surface area contributed by atoms with Crippen molar-refractivity contribution in [3.05, 3.63) is 29.8 Å². The molecule has 0 saturated heterocycles. The Hall–Kier alpha value is -2.24. The molecular weight excluding hydrogens is 388 g/mol. The van der Waals surface area contributed by atoms with E-state index in [0.29, 0.717) is 19.5 Å². The molecule has 0 heterocycles. The largest absolute Gasteiger partial charge is 0.378 e. The molecule has 4 saturated carbocycles. The normalized spacial score (nSPS) is 28.3. The summed E-state index contributed by atoms with van der Waals surface area (Å²) in [6, 6.07) is 8.42. The quantitative estimate of drug-likeness (QED) is 0.530. The first-order valence-electron chi connectivity index (χ1n) is 12.0. The van der Waals surface area contributed by atoms with Gasteiger partial charge in [0.25, 0.3) is 0 Å². The predicted octanol–water partition coefficient (Wildman–Crippen LogP) is 3.46. The second-order valence-corrected chi connectivity index (χ2v) is 10.3. The molecule has 6 heteroatoms. The summed E-state index contributed by atoms with van der Waals surface area (Å²) in [7, 11) is 4.07. The maximum Gasteiger partial charge on any atom is 0.315 e. The lowest BCUT2D eigenvalue weighted by molar-refractivity contribution is -0.120. The zero-order valence-corrected chi connectivity index (χ0v) is 19.1. The zero-order valence-electron chi connectivity index (χ0n) is 19.1. The number of nitrogens with one attached hydrogen (secondary N) is 3. The van der Waals surface area contributed by atoms with Gasteiger partial charge in [-0.2, -0.15) is 0 Å². The Kier molecular flexibility index (Phi) is 6.73. The second kappa shape index (κ2) is 9.49. The number of aryl methyl sites for hydroxylation is 1. The fourth-order valence-corrected chi connectivity index (χ4v) is 6.41. The highest BCUT2D eigenvalue weighted by atomic mass is 16.2. The Balaban J connectivity index is 1.08. The molecule has 1 aromatic rings. The molecule has 6 nitrogen and oxygen atoms in total. The minimum Gasteiger partial charge on any atom is -0.378 e. The number of hydrogen-bond acceptors (Lipinski definition) is 3. The van der Waals surface area contributed by atoms with Gasteiger partial charge in [-0.3, -0.25) is 4.79 Å². The minimum atomic E-state index is -0.101. The lowest BCUT2D eigenvalue weighted by Gasteiger charge is -2.56. The topological polar surface area (TPSA) is 73.5 Å². The van der Waals surface area contributed by atoms with Crippen molar-refractivity contribution < 1.29 is 9.59 Å². The lowest BCUT2D eigenvalue weighted by atomic mass is 9.53. The fourth-order valence-electron chi connectivity index (χ4n) is 6.41. The van der Waals surface area contributed by atoms with Crippen molar-refractivity contribution >= 4 is 17.6 Å². The average molecular weight is 427 g/mol. The number of hydrogen-bond donors (Lipinski definition) is 3. The number of rotatable bonds is 9. The smallest absolute Gasteiger partial charge is 0.315 e. The predicted molar refractivity (Wildman–Crippen MR) is 124 cm³/mol. The summed E-state index contributed by atoms with van der Waals surface area (Å²) in [4.78, 5) is 26.6. The van der Waals surface area contributed by atoms with E-state index < -0.39 is 0 Å². The van der Waals surface area contributed by atoms with E-state index in [2.05, 4.69) is 45.1 Å². The van der Waals surface area contributed by atoms with Gasteiger partial charge < -0.3 is 20.9 Å². The Morgan fingerprint density at radius 2 is 1.55 bits per heavy atom. The van der Waals surface area contributed by atoms with E-state index in [1.54, 1.807) is 0 Å². The van der Waals surface area contributed by atoms with Crippen LogP contribution in [0.15, 0.2) is 24.3 Å². The number of carbonyl (C=O) groups excluding carboxylic acids is 2. The van der Waals surface area contributed by atoms with Gasteiger partial charge in [0.05, 0.1) is 0 Å². The molecule has 0 aliphatic heterocycles. The van der Waals surface area contributed by atoms with Crippen LogP contribution in [-0.4, -0.2) is 44.7 Å². The van der Waals surface area contributed by atoms with Crippen molar-refractivity contribution in [2.45, 2.75) is 63.3 Å². The van der Waals surface area contributed by atoms with Gasteiger partial charge in [-0.25, -0.2) is 4.79 Å². The summed E-state index contributed by atoms with van der Waals surface area (Å²) in [5.41, 5.74) is 2.49. The molecule has 4 aliphatic carbocycles. The number of carbonyl (C=O) groups is 2. The van der Waals surface area contributed by atoms with Crippen molar-refractivity contribution in [2.24, 2.45) is 17.8 Å². The maximum atomic E-state index is 12.4. The molecule has 170 valence electrons. The minimum absolute atomic E-state index is 0.00180. The Labute approximate surface area is 186 Å². The molecule has 4 fully saturated rings. The highest BCUT2D eigenvalue weighted by Gasteiger charge is 2.51. The third kappa shape index (κ3) is 5.72. The van der Waals surface area contributed by atoms with E-state index >= 15 is 0 Å². The molecule has 5 rings (SSSR count). The summed E-state index contributed by atoms with van der Waals surface area (Å²) in [6.07, 6.45) is 9.71. The Bertz CT molecular complexity index is 739. The molecule has 31 heavy (non-hydrogen) atoms. The molecule has 0 aromatic heterocycles. The maximum absolute atomic E-state index is 12.4. The van der Waals surface area contributed by atoms with E-state index in [-0.39, 0.29) is 17.5 Å². The first kappa shape index (κ1) is 22.0. The van der Waals surface area contributed by atoms with Crippen LogP contribution in [0.1, 0.15) is 56.9 Å². The highest BCUT2D eigenvalue weighted by molar-refractivity contribution is 5.78. The molecule has 1 aromatic carbocycles. The van der Waals surface area contributed by atoms with Crippen molar-refractivity contribution in [1.82, 2.24) is 16.0 Å². The molecule has 0 spiro atoms. The first-order chi connectivity index (χ1) is 14.9. The SMILES string of the molecule is CN(C)c1ccc(CCCNC(=O)CCNC(=O)NC23CC4CC(CC(C4)C2)C3)cc1. The average Bonchev–Trinajstić information content (AvgIpc) is 2.70. The van der Waals surface area contributed by atoms with Gasteiger partial charge in [-0.1, -0.05) is 12.1 Å². The zero-order chi connectivity index (χ0) is 21.8.